The molecule has 110 valence electrons. The van der Waals surface area contributed by atoms with Crippen LogP contribution in [0.2, 0.25) is 0 Å². The standard InChI is InChI=1S/C15H19ClFNO2/c1-20-13-9-5-7-11(17)14(13)15(19)18-12-8-4-2-3-6-10(12)16/h5,7,9-10,12H,2-4,6,8H2,1H3,(H,18,19). The molecule has 0 radical (unpaired) electrons. The monoisotopic (exact) mass is 299 g/mol. The average Bonchev–Trinajstić information content (AvgIpc) is 2.63. The summed E-state index contributed by atoms with van der Waals surface area (Å²) in [5, 5.41) is 2.75. The van der Waals surface area contributed by atoms with Crippen LogP contribution in [0.25, 0.3) is 0 Å². The van der Waals surface area contributed by atoms with Gasteiger partial charge in [-0.25, -0.2) is 4.39 Å². The second-order valence-electron chi connectivity index (χ2n) is 5.05. The smallest absolute Gasteiger partial charge is 0.258 e. The first kappa shape index (κ1) is 15.1. The van der Waals surface area contributed by atoms with E-state index in [1.807, 2.05) is 0 Å². The van der Waals surface area contributed by atoms with Crippen LogP contribution in [0, 0.1) is 5.82 Å². The molecule has 1 aromatic rings. The van der Waals surface area contributed by atoms with Gasteiger partial charge in [0, 0.05) is 6.04 Å². The van der Waals surface area contributed by atoms with E-state index in [0.29, 0.717) is 0 Å². The second-order valence-corrected chi connectivity index (χ2v) is 5.61. The summed E-state index contributed by atoms with van der Waals surface area (Å²) in [4.78, 5) is 12.3. The zero-order chi connectivity index (χ0) is 14.5. The topological polar surface area (TPSA) is 38.3 Å². The third-order valence-corrected chi connectivity index (χ3v) is 4.19. The van der Waals surface area contributed by atoms with Crippen molar-refractivity contribution in [3.8, 4) is 5.75 Å². The molecule has 1 aliphatic carbocycles. The minimum Gasteiger partial charge on any atom is -0.496 e. The molecule has 1 aromatic carbocycles. The molecule has 2 atom stereocenters. The van der Waals surface area contributed by atoms with E-state index in [-0.39, 0.29) is 22.7 Å². The molecule has 1 amide bonds. The Morgan fingerprint density at radius 1 is 1.35 bits per heavy atom. The average molecular weight is 300 g/mol. The van der Waals surface area contributed by atoms with E-state index in [1.165, 1.54) is 19.2 Å². The number of hydrogen-bond donors (Lipinski definition) is 1. The summed E-state index contributed by atoms with van der Waals surface area (Å²) in [6.45, 7) is 0. The van der Waals surface area contributed by atoms with Crippen LogP contribution in [0.5, 0.6) is 5.75 Å². The molecule has 2 unspecified atom stereocenters. The highest BCUT2D eigenvalue weighted by Crippen LogP contribution is 2.25. The summed E-state index contributed by atoms with van der Waals surface area (Å²) in [7, 11) is 1.42. The summed E-state index contributed by atoms with van der Waals surface area (Å²) in [6, 6.07) is 4.23. The maximum Gasteiger partial charge on any atom is 0.258 e. The zero-order valence-corrected chi connectivity index (χ0v) is 12.3. The van der Waals surface area contributed by atoms with Crippen molar-refractivity contribution >= 4 is 17.5 Å². The number of hydrogen-bond acceptors (Lipinski definition) is 2. The van der Waals surface area contributed by atoms with Gasteiger partial charge in [-0.15, -0.1) is 11.6 Å². The lowest BCUT2D eigenvalue weighted by Gasteiger charge is -2.21. The van der Waals surface area contributed by atoms with Crippen molar-refractivity contribution in [2.75, 3.05) is 7.11 Å². The van der Waals surface area contributed by atoms with Crippen LogP contribution in [-0.4, -0.2) is 24.4 Å². The van der Waals surface area contributed by atoms with Crippen molar-refractivity contribution in [2.45, 2.75) is 43.5 Å². The molecule has 1 aliphatic rings. The lowest BCUT2D eigenvalue weighted by Crippen LogP contribution is -2.41. The van der Waals surface area contributed by atoms with Crippen LogP contribution in [0.3, 0.4) is 0 Å². The maximum absolute atomic E-state index is 13.8. The highest BCUT2D eigenvalue weighted by atomic mass is 35.5. The van der Waals surface area contributed by atoms with Gasteiger partial charge in [-0.3, -0.25) is 4.79 Å². The molecule has 5 heteroatoms. The van der Waals surface area contributed by atoms with Crippen molar-refractivity contribution in [1.29, 1.82) is 0 Å². The maximum atomic E-state index is 13.8. The van der Waals surface area contributed by atoms with Crippen molar-refractivity contribution in [1.82, 2.24) is 5.32 Å². The zero-order valence-electron chi connectivity index (χ0n) is 11.5. The number of rotatable bonds is 3. The molecule has 0 aromatic heterocycles. The molecule has 2 rings (SSSR count). The molecule has 0 heterocycles. The largest absolute Gasteiger partial charge is 0.496 e. The Balaban J connectivity index is 2.15. The highest BCUT2D eigenvalue weighted by Gasteiger charge is 2.26. The Morgan fingerprint density at radius 3 is 2.85 bits per heavy atom. The quantitative estimate of drug-likeness (QED) is 0.685. The number of carbonyl (C=O) groups is 1. The molecule has 1 fully saturated rings. The molecule has 0 aliphatic heterocycles. The van der Waals surface area contributed by atoms with Crippen LogP contribution in [0.4, 0.5) is 4.39 Å². The van der Waals surface area contributed by atoms with Crippen LogP contribution < -0.4 is 10.1 Å². The number of ether oxygens (including phenoxy) is 1. The minimum atomic E-state index is -0.582. The predicted octanol–water partition coefficient (Wildman–Crippen LogP) is 3.50. The number of alkyl halides is 1. The van der Waals surface area contributed by atoms with Gasteiger partial charge >= 0.3 is 0 Å². The molecule has 0 spiro atoms. The first-order valence-corrected chi connectivity index (χ1v) is 7.34. The second kappa shape index (κ2) is 6.93. The molecule has 20 heavy (non-hydrogen) atoms. The Morgan fingerprint density at radius 2 is 2.10 bits per heavy atom. The van der Waals surface area contributed by atoms with Crippen molar-refractivity contribution in [2.24, 2.45) is 0 Å². The summed E-state index contributed by atoms with van der Waals surface area (Å²) >= 11 is 6.29. The van der Waals surface area contributed by atoms with E-state index in [1.54, 1.807) is 6.07 Å². The molecule has 3 nitrogen and oxygen atoms in total. The van der Waals surface area contributed by atoms with Gasteiger partial charge < -0.3 is 10.1 Å². The van der Waals surface area contributed by atoms with Gasteiger partial charge in [0.05, 0.1) is 12.5 Å². The molecule has 1 N–H and O–H groups in total. The Kier molecular flexibility index (Phi) is 5.24. The fourth-order valence-electron chi connectivity index (χ4n) is 2.56. The van der Waals surface area contributed by atoms with Crippen molar-refractivity contribution < 1.29 is 13.9 Å². The van der Waals surface area contributed by atoms with E-state index >= 15 is 0 Å². The number of benzene rings is 1. The van der Waals surface area contributed by atoms with Crippen LogP contribution in [-0.2, 0) is 0 Å². The van der Waals surface area contributed by atoms with E-state index in [4.69, 9.17) is 16.3 Å². The van der Waals surface area contributed by atoms with Gasteiger partial charge in [-0.05, 0) is 25.0 Å². The Hall–Kier alpha value is -1.29. The predicted molar refractivity (Wildman–Crippen MR) is 76.9 cm³/mol. The number of amides is 1. The lowest BCUT2D eigenvalue weighted by atomic mass is 10.1. The van der Waals surface area contributed by atoms with E-state index < -0.39 is 11.7 Å². The van der Waals surface area contributed by atoms with Gasteiger partial charge in [0.25, 0.3) is 5.91 Å². The Labute approximate surface area is 123 Å². The van der Waals surface area contributed by atoms with E-state index in [9.17, 15) is 9.18 Å². The summed E-state index contributed by atoms with van der Waals surface area (Å²) in [5.74, 6) is -0.804. The molecule has 0 saturated heterocycles. The van der Waals surface area contributed by atoms with E-state index in [0.717, 1.165) is 32.1 Å². The lowest BCUT2D eigenvalue weighted by molar-refractivity contribution is 0.0926. The number of halogens is 2. The van der Waals surface area contributed by atoms with Crippen LogP contribution in [0.1, 0.15) is 42.5 Å². The fraction of sp³-hybridized carbons (Fsp3) is 0.533. The summed E-state index contributed by atoms with van der Waals surface area (Å²) < 4.78 is 18.9. The summed E-state index contributed by atoms with van der Waals surface area (Å²) in [6.07, 6.45) is 4.93. The fourth-order valence-corrected chi connectivity index (χ4v) is 2.90. The molecule has 0 bridgehead atoms. The molecular formula is C15H19ClFNO2. The normalized spacial score (nSPS) is 22.9. The number of carbonyl (C=O) groups excluding carboxylic acids is 1. The third-order valence-electron chi connectivity index (χ3n) is 3.67. The number of methoxy groups -OCH3 is 1. The van der Waals surface area contributed by atoms with Gasteiger partial charge in [0.15, 0.2) is 0 Å². The van der Waals surface area contributed by atoms with Gasteiger partial charge in [0.1, 0.15) is 17.1 Å². The van der Waals surface area contributed by atoms with Crippen molar-refractivity contribution in [3.63, 3.8) is 0 Å². The third kappa shape index (κ3) is 3.42. The SMILES string of the molecule is COc1cccc(F)c1C(=O)NC1CCCCCC1Cl. The van der Waals surface area contributed by atoms with Crippen molar-refractivity contribution in [3.05, 3.63) is 29.6 Å². The highest BCUT2D eigenvalue weighted by molar-refractivity contribution is 6.21. The van der Waals surface area contributed by atoms with Crippen LogP contribution >= 0.6 is 11.6 Å². The first-order chi connectivity index (χ1) is 9.63. The Bertz CT molecular complexity index is 481. The van der Waals surface area contributed by atoms with Crippen LogP contribution in [0.15, 0.2) is 18.2 Å². The van der Waals surface area contributed by atoms with Gasteiger partial charge in [-0.1, -0.05) is 25.3 Å². The number of nitrogens with one attached hydrogen (secondary N) is 1. The van der Waals surface area contributed by atoms with Gasteiger partial charge in [0.2, 0.25) is 0 Å². The molecule has 1 saturated carbocycles. The summed E-state index contributed by atoms with van der Waals surface area (Å²) in [5.41, 5.74) is -0.0527. The minimum absolute atomic E-state index is 0.0527. The van der Waals surface area contributed by atoms with Gasteiger partial charge in [-0.2, -0.15) is 0 Å². The first-order valence-electron chi connectivity index (χ1n) is 6.91. The van der Waals surface area contributed by atoms with E-state index in [2.05, 4.69) is 5.32 Å². The molecular weight excluding hydrogens is 281 g/mol.